The van der Waals surface area contributed by atoms with Crippen molar-refractivity contribution < 1.29 is 49.0 Å². The van der Waals surface area contributed by atoms with E-state index in [1.54, 1.807) is 6.92 Å². The maximum atomic E-state index is 15.3. The second-order valence-corrected chi connectivity index (χ2v) is 8.35. The van der Waals surface area contributed by atoms with Gasteiger partial charge in [-0.2, -0.15) is 26.3 Å². The summed E-state index contributed by atoms with van der Waals surface area (Å²) in [6, 6.07) is 5.40. The first-order chi connectivity index (χ1) is 17.3. The average Bonchev–Trinajstić information content (AvgIpc) is 2.80. The van der Waals surface area contributed by atoms with Crippen molar-refractivity contribution >= 4 is 0 Å². The Hall–Kier alpha value is -3.37. The van der Waals surface area contributed by atoms with E-state index < -0.39 is 74.7 Å². The highest BCUT2D eigenvalue weighted by molar-refractivity contribution is 5.77. The maximum Gasteiger partial charge on any atom is 0.429 e. The van der Waals surface area contributed by atoms with E-state index in [1.807, 2.05) is 0 Å². The van der Waals surface area contributed by atoms with Gasteiger partial charge < -0.3 is 9.47 Å². The maximum absolute atomic E-state index is 15.3. The molecular weight excluding hydrogens is 515 g/mol. The molecule has 11 heteroatoms. The lowest BCUT2D eigenvalue weighted by atomic mass is 9.79. The zero-order chi connectivity index (χ0) is 27.3. The number of rotatable bonds is 7. The molecule has 198 valence electrons. The predicted octanol–water partition coefficient (Wildman–Crippen LogP) is 8.45. The van der Waals surface area contributed by atoms with Gasteiger partial charge in [0.2, 0.25) is 0 Å². The van der Waals surface area contributed by atoms with Crippen LogP contribution in [0.4, 0.5) is 39.5 Å². The molecular formula is C26H19F9O2. The molecule has 2 nitrogen and oxygen atoms in total. The van der Waals surface area contributed by atoms with Gasteiger partial charge in [0.15, 0.2) is 11.6 Å². The molecule has 0 amide bonds. The van der Waals surface area contributed by atoms with Crippen LogP contribution in [0.25, 0.3) is 11.1 Å². The van der Waals surface area contributed by atoms with Gasteiger partial charge in [-0.05, 0) is 54.3 Å². The standard InChI is InChI=1S/C26H19F9O2/c1-3-5-13-6-7-14(12-18(13)27)37-26(34,35)17-10-8-15-16-9-11-19(36-4-2)23(29)21(16)25(32,33)24(30,31)20(15)22(17)28/h6-12H,3-5H2,1-2H3. The Morgan fingerprint density at radius 3 is 1.95 bits per heavy atom. The fourth-order valence-electron chi connectivity index (χ4n) is 4.27. The summed E-state index contributed by atoms with van der Waals surface area (Å²) < 4.78 is 143. The Balaban J connectivity index is 1.84. The molecule has 0 heterocycles. The van der Waals surface area contributed by atoms with Crippen molar-refractivity contribution in [2.45, 2.75) is 44.6 Å². The van der Waals surface area contributed by atoms with Crippen LogP contribution in [0.1, 0.15) is 42.5 Å². The highest BCUT2D eigenvalue weighted by Gasteiger charge is 2.66. The van der Waals surface area contributed by atoms with Crippen molar-refractivity contribution in [3.8, 4) is 22.6 Å². The third kappa shape index (κ3) is 4.18. The molecule has 0 unspecified atom stereocenters. The van der Waals surface area contributed by atoms with Crippen LogP contribution < -0.4 is 9.47 Å². The van der Waals surface area contributed by atoms with Crippen LogP contribution in [-0.4, -0.2) is 6.61 Å². The molecule has 0 atom stereocenters. The number of aryl methyl sites for hydroxylation is 1. The summed E-state index contributed by atoms with van der Waals surface area (Å²) in [5.74, 6) is -17.2. The van der Waals surface area contributed by atoms with Crippen LogP contribution in [0.2, 0.25) is 0 Å². The quantitative estimate of drug-likeness (QED) is 0.283. The first-order valence-corrected chi connectivity index (χ1v) is 11.2. The number of hydrogen-bond donors (Lipinski definition) is 0. The lowest BCUT2D eigenvalue weighted by molar-refractivity contribution is -0.228. The lowest BCUT2D eigenvalue weighted by Gasteiger charge is -2.36. The molecule has 1 aliphatic rings. The molecule has 0 N–H and O–H groups in total. The van der Waals surface area contributed by atoms with Crippen molar-refractivity contribution in [1.29, 1.82) is 0 Å². The van der Waals surface area contributed by atoms with E-state index in [4.69, 9.17) is 4.74 Å². The third-order valence-corrected chi connectivity index (χ3v) is 5.96. The molecule has 0 aliphatic heterocycles. The van der Waals surface area contributed by atoms with E-state index in [-0.39, 0.29) is 12.2 Å². The fraction of sp³-hybridized carbons (Fsp3) is 0.308. The SMILES string of the molecule is CCCc1ccc(OC(F)(F)c2ccc3c(c2F)C(F)(F)C(F)(F)c2c-3ccc(OCC)c2F)cc1F. The molecule has 0 aromatic heterocycles. The molecule has 0 spiro atoms. The highest BCUT2D eigenvalue weighted by atomic mass is 19.3. The van der Waals surface area contributed by atoms with Gasteiger partial charge in [-0.3, -0.25) is 0 Å². The van der Waals surface area contributed by atoms with Gasteiger partial charge in [0.1, 0.15) is 22.9 Å². The minimum absolute atomic E-state index is 0.160. The van der Waals surface area contributed by atoms with Crippen LogP contribution >= 0.6 is 0 Å². The Kier molecular flexibility index (Phi) is 6.62. The predicted molar refractivity (Wildman–Crippen MR) is 116 cm³/mol. The van der Waals surface area contributed by atoms with Gasteiger partial charge in [-0.15, -0.1) is 0 Å². The topological polar surface area (TPSA) is 18.5 Å². The van der Waals surface area contributed by atoms with E-state index in [0.717, 1.165) is 18.2 Å². The molecule has 3 aromatic rings. The van der Waals surface area contributed by atoms with Gasteiger partial charge in [-0.1, -0.05) is 25.5 Å². The van der Waals surface area contributed by atoms with Gasteiger partial charge in [0.05, 0.1) is 17.7 Å². The zero-order valence-corrected chi connectivity index (χ0v) is 19.4. The van der Waals surface area contributed by atoms with Crippen molar-refractivity contribution in [2.75, 3.05) is 6.61 Å². The molecule has 37 heavy (non-hydrogen) atoms. The number of ether oxygens (including phenoxy) is 2. The Morgan fingerprint density at radius 1 is 0.784 bits per heavy atom. The van der Waals surface area contributed by atoms with E-state index >= 15 is 13.2 Å². The summed E-state index contributed by atoms with van der Waals surface area (Å²) in [6.07, 6.45) is -3.79. The van der Waals surface area contributed by atoms with Crippen molar-refractivity contribution in [3.63, 3.8) is 0 Å². The van der Waals surface area contributed by atoms with Gasteiger partial charge in [0, 0.05) is 6.07 Å². The number of benzene rings is 3. The monoisotopic (exact) mass is 534 g/mol. The third-order valence-electron chi connectivity index (χ3n) is 5.96. The smallest absolute Gasteiger partial charge is 0.429 e. The molecule has 3 aromatic carbocycles. The summed E-state index contributed by atoms with van der Waals surface area (Å²) in [6.45, 7) is 3.02. The Labute approximate surface area is 205 Å². The van der Waals surface area contributed by atoms with E-state index in [0.29, 0.717) is 31.0 Å². The summed E-state index contributed by atoms with van der Waals surface area (Å²) in [5, 5.41) is 0. The first kappa shape index (κ1) is 26.7. The number of fused-ring (bicyclic) bond motifs is 3. The Morgan fingerprint density at radius 2 is 1.38 bits per heavy atom. The van der Waals surface area contributed by atoms with Crippen molar-refractivity contribution in [3.05, 3.63) is 82.2 Å². The van der Waals surface area contributed by atoms with E-state index in [1.165, 1.54) is 13.0 Å². The van der Waals surface area contributed by atoms with Crippen molar-refractivity contribution in [1.82, 2.24) is 0 Å². The van der Waals surface area contributed by atoms with Crippen LogP contribution in [0.5, 0.6) is 11.5 Å². The highest BCUT2D eigenvalue weighted by Crippen LogP contribution is 2.60. The van der Waals surface area contributed by atoms with Crippen LogP contribution in [0, 0.1) is 17.5 Å². The van der Waals surface area contributed by atoms with Gasteiger partial charge in [-0.25, -0.2) is 13.2 Å². The number of alkyl halides is 6. The minimum atomic E-state index is -5.43. The van der Waals surface area contributed by atoms with Gasteiger partial charge in [0.25, 0.3) is 0 Å². The zero-order valence-electron chi connectivity index (χ0n) is 19.4. The molecule has 0 radical (unpaired) electrons. The van der Waals surface area contributed by atoms with E-state index in [9.17, 15) is 26.3 Å². The summed E-state index contributed by atoms with van der Waals surface area (Å²) in [4.78, 5) is 0. The minimum Gasteiger partial charge on any atom is -0.491 e. The summed E-state index contributed by atoms with van der Waals surface area (Å²) in [5.41, 5.74) is -7.07. The first-order valence-electron chi connectivity index (χ1n) is 11.2. The summed E-state index contributed by atoms with van der Waals surface area (Å²) in [7, 11) is 0. The molecule has 0 fully saturated rings. The van der Waals surface area contributed by atoms with Crippen LogP contribution in [0.15, 0.2) is 42.5 Å². The van der Waals surface area contributed by atoms with Crippen LogP contribution in [-0.2, 0) is 24.4 Å². The average molecular weight is 534 g/mol. The number of halogens is 9. The fourth-order valence-corrected chi connectivity index (χ4v) is 4.27. The lowest BCUT2D eigenvalue weighted by Crippen LogP contribution is -2.41. The molecule has 0 saturated carbocycles. The largest absolute Gasteiger partial charge is 0.491 e. The second kappa shape index (κ2) is 9.18. The van der Waals surface area contributed by atoms with Crippen LogP contribution in [0.3, 0.4) is 0 Å². The normalized spacial score (nSPS) is 15.6. The summed E-state index contributed by atoms with van der Waals surface area (Å²) >= 11 is 0. The van der Waals surface area contributed by atoms with Crippen molar-refractivity contribution in [2.24, 2.45) is 0 Å². The molecule has 4 rings (SSSR count). The molecule has 1 aliphatic carbocycles. The molecule has 0 saturated heterocycles. The van der Waals surface area contributed by atoms with Gasteiger partial charge >= 0.3 is 18.0 Å². The number of hydrogen-bond acceptors (Lipinski definition) is 2. The van der Waals surface area contributed by atoms with E-state index in [2.05, 4.69) is 4.74 Å². The molecule has 0 bridgehead atoms. The Bertz CT molecular complexity index is 1350. The second-order valence-electron chi connectivity index (χ2n) is 8.35.